The molecular weight excluding hydrogens is 378 g/mol. The average Bonchev–Trinajstić information content (AvgIpc) is 3.09. The number of amides is 3. The third-order valence-corrected chi connectivity index (χ3v) is 4.95. The van der Waals surface area contributed by atoms with E-state index in [4.69, 9.17) is 0 Å². The van der Waals surface area contributed by atoms with E-state index in [2.05, 4.69) is 16.0 Å². The summed E-state index contributed by atoms with van der Waals surface area (Å²) in [5.74, 6) is -1.96. The van der Waals surface area contributed by atoms with Crippen LogP contribution in [0.5, 0.6) is 0 Å². The van der Waals surface area contributed by atoms with Gasteiger partial charge in [-0.15, -0.1) is 11.3 Å². The summed E-state index contributed by atoms with van der Waals surface area (Å²) in [4.78, 5) is 35.2. The van der Waals surface area contributed by atoms with Crippen molar-refractivity contribution in [1.29, 1.82) is 0 Å². The fourth-order valence-corrected chi connectivity index (χ4v) is 3.71. The van der Waals surface area contributed by atoms with E-state index < -0.39 is 17.9 Å². The van der Waals surface area contributed by atoms with Gasteiger partial charge in [0.2, 0.25) is 5.91 Å². The molecule has 3 amide bonds. The quantitative estimate of drug-likeness (QED) is 0.497. The molecule has 0 aliphatic rings. The summed E-state index contributed by atoms with van der Waals surface area (Å²) in [6.45, 7) is 1.29. The average molecular weight is 397 g/mol. The largest absolute Gasteiger partial charge is 0.387 e. The number of carbonyl (C=O) groups is 3. The van der Waals surface area contributed by atoms with Gasteiger partial charge >= 0.3 is 11.8 Å². The maximum atomic E-state index is 12.1. The van der Waals surface area contributed by atoms with Crippen molar-refractivity contribution in [3.8, 4) is 0 Å². The number of anilines is 2. The smallest absolute Gasteiger partial charge is 0.313 e. The molecule has 3 aromatic rings. The van der Waals surface area contributed by atoms with Gasteiger partial charge in [0, 0.05) is 35.1 Å². The highest BCUT2D eigenvalue weighted by atomic mass is 32.1. The van der Waals surface area contributed by atoms with Crippen LogP contribution in [0, 0.1) is 0 Å². The van der Waals surface area contributed by atoms with Crippen LogP contribution in [0.4, 0.5) is 11.4 Å². The van der Waals surface area contributed by atoms with Crippen LogP contribution in [0.25, 0.3) is 10.1 Å². The van der Waals surface area contributed by atoms with Crippen molar-refractivity contribution < 1.29 is 19.5 Å². The lowest BCUT2D eigenvalue weighted by atomic mass is 10.1. The Hall–Kier alpha value is -3.23. The number of aliphatic hydroxyl groups excluding tert-OH is 1. The van der Waals surface area contributed by atoms with E-state index in [-0.39, 0.29) is 12.5 Å². The second-order valence-corrected chi connectivity index (χ2v) is 7.04. The van der Waals surface area contributed by atoms with Crippen LogP contribution in [0.3, 0.4) is 0 Å². The Labute approximate surface area is 165 Å². The molecule has 1 heterocycles. The molecule has 0 fully saturated rings. The first kappa shape index (κ1) is 19.5. The van der Waals surface area contributed by atoms with Gasteiger partial charge in [0.15, 0.2) is 0 Å². The molecular formula is C20H19N3O4S. The van der Waals surface area contributed by atoms with Gasteiger partial charge in [-0.05, 0) is 35.0 Å². The summed E-state index contributed by atoms with van der Waals surface area (Å²) in [6, 6.07) is 14.1. The Balaban J connectivity index is 1.57. The number of aliphatic hydroxyl groups is 1. The van der Waals surface area contributed by atoms with Crippen molar-refractivity contribution in [3.63, 3.8) is 0 Å². The summed E-state index contributed by atoms with van der Waals surface area (Å²) in [6.07, 6.45) is -0.920. The van der Waals surface area contributed by atoms with Crippen LogP contribution in [-0.2, 0) is 14.4 Å². The van der Waals surface area contributed by atoms with Crippen LogP contribution in [0.15, 0.2) is 53.9 Å². The van der Waals surface area contributed by atoms with E-state index >= 15 is 0 Å². The molecule has 1 atom stereocenters. The number of thiophene rings is 1. The van der Waals surface area contributed by atoms with Gasteiger partial charge in [0.25, 0.3) is 0 Å². The summed E-state index contributed by atoms with van der Waals surface area (Å²) in [5.41, 5.74) is 1.59. The van der Waals surface area contributed by atoms with Crippen molar-refractivity contribution in [2.24, 2.45) is 0 Å². The van der Waals surface area contributed by atoms with E-state index in [0.717, 1.165) is 10.1 Å². The Morgan fingerprint density at radius 1 is 1.00 bits per heavy atom. The number of rotatable bonds is 5. The maximum Gasteiger partial charge on any atom is 0.313 e. The molecule has 28 heavy (non-hydrogen) atoms. The monoisotopic (exact) mass is 397 g/mol. The van der Waals surface area contributed by atoms with E-state index in [9.17, 15) is 19.5 Å². The number of benzene rings is 2. The molecule has 0 aliphatic carbocycles. The second kappa shape index (κ2) is 8.64. The minimum Gasteiger partial charge on any atom is -0.387 e. The molecule has 3 rings (SSSR count). The molecule has 1 aromatic heterocycles. The summed E-state index contributed by atoms with van der Waals surface area (Å²) in [7, 11) is 0. The third-order valence-electron chi connectivity index (χ3n) is 3.97. The van der Waals surface area contributed by atoms with Crippen molar-refractivity contribution in [2.45, 2.75) is 13.0 Å². The van der Waals surface area contributed by atoms with Gasteiger partial charge in [-0.1, -0.05) is 24.3 Å². The molecule has 0 aliphatic heterocycles. The molecule has 4 N–H and O–H groups in total. The molecule has 8 heteroatoms. The molecule has 0 saturated carbocycles. The van der Waals surface area contributed by atoms with Crippen molar-refractivity contribution in [2.75, 3.05) is 17.2 Å². The summed E-state index contributed by atoms with van der Waals surface area (Å²) < 4.78 is 1.04. The SMILES string of the molecule is CC(=O)Nc1cccc(NC(=O)C(=O)NCC(O)c2csc3ccccc23)c1. The highest BCUT2D eigenvalue weighted by Gasteiger charge is 2.18. The highest BCUT2D eigenvalue weighted by Crippen LogP contribution is 2.29. The Morgan fingerprint density at radius 3 is 2.46 bits per heavy atom. The Kier molecular flexibility index (Phi) is 6.03. The Morgan fingerprint density at radius 2 is 1.71 bits per heavy atom. The van der Waals surface area contributed by atoms with Crippen LogP contribution >= 0.6 is 11.3 Å². The predicted octanol–water partition coefficient (Wildman–Crippen LogP) is 2.65. The molecule has 0 spiro atoms. The van der Waals surface area contributed by atoms with E-state index in [0.29, 0.717) is 16.9 Å². The number of carbonyl (C=O) groups excluding carboxylic acids is 3. The zero-order valence-corrected chi connectivity index (χ0v) is 15.9. The number of fused-ring (bicyclic) bond motifs is 1. The van der Waals surface area contributed by atoms with Gasteiger partial charge < -0.3 is 21.1 Å². The van der Waals surface area contributed by atoms with Gasteiger partial charge in [0.05, 0.1) is 6.10 Å². The summed E-state index contributed by atoms with van der Waals surface area (Å²) >= 11 is 1.51. The first-order chi connectivity index (χ1) is 13.4. The van der Waals surface area contributed by atoms with Crippen molar-refractivity contribution in [3.05, 3.63) is 59.5 Å². The first-order valence-corrected chi connectivity index (χ1v) is 9.43. The van der Waals surface area contributed by atoms with E-state index in [1.807, 2.05) is 29.6 Å². The molecule has 144 valence electrons. The van der Waals surface area contributed by atoms with E-state index in [1.165, 1.54) is 18.3 Å². The first-order valence-electron chi connectivity index (χ1n) is 8.55. The molecule has 1 unspecified atom stereocenters. The zero-order valence-electron chi connectivity index (χ0n) is 15.1. The lowest BCUT2D eigenvalue weighted by Crippen LogP contribution is -2.37. The van der Waals surface area contributed by atoms with Gasteiger partial charge in [-0.3, -0.25) is 14.4 Å². The minimum atomic E-state index is -0.920. The number of hydrogen-bond donors (Lipinski definition) is 4. The van der Waals surface area contributed by atoms with Crippen LogP contribution < -0.4 is 16.0 Å². The van der Waals surface area contributed by atoms with Gasteiger partial charge in [-0.2, -0.15) is 0 Å². The summed E-state index contributed by atoms with van der Waals surface area (Å²) in [5, 5.41) is 20.6. The topological polar surface area (TPSA) is 108 Å². The number of hydrogen-bond acceptors (Lipinski definition) is 5. The minimum absolute atomic E-state index is 0.0844. The van der Waals surface area contributed by atoms with Gasteiger partial charge in [0.1, 0.15) is 0 Å². The third kappa shape index (κ3) is 4.73. The lowest BCUT2D eigenvalue weighted by molar-refractivity contribution is -0.136. The highest BCUT2D eigenvalue weighted by molar-refractivity contribution is 7.17. The normalized spacial score (nSPS) is 11.6. The predicted molar refractivity (Wildman–Crippen MR) is 109 cm³/mol. The maximum absolute atomic E-state index is 12.1. The number of nitrogens with one attached hydrogen (secondary N) is 3. The molecule has 7 nitrogen and oxygen atoms in total. The van der Waals surface area contributed by atoms with Gasteiger partial charge in [-0.25, -0.2) is 0 Å². The fraction of sp³-hybridized carbons (Fsp3) is 0.150. The molecule has 0 radical (unpaired) electrons. The van der Waals surface area contributed by atoms with E-state index in [1.54, 1.807) is 24.3 Å². The molecule has 0 bridgehead atoms. The second-order valence-electron chi connectivity index (χ2n) is 6.13. The van der Waals surface area contributed by atoms with Crippen LogP contribution in [0.1, 0.15) is 18.6 Å². The van der Waals surface area contributed by atoms with Crippen LogP contribution in [-0.4, -0.2) is 29.4 Å². The molecule has 0 saturated heterocycles. The standard InChI is InChI=1S/C20H19N3O4S/c1-12(24)22-13-5-4-6-14(9-13)23-20(27)19(26)21-10-17(25)16-11-28-18-8-3-2-7-15(16)18/h2-9,11,17,25H,10H2,1H3,(H,21,26)(H,22,24)(H,23,27). The van der Waals surface area contributed by atoms with Crippen molar-refractivity contribution >= 4 is 50.5 Å². The Bertz CT molecular complexity index is 1030. The van der Waals surface area contributed by atoms with Crippen LogP contribution in [0.2, 0.25) is 0 Å². The van der Waals surface area contributed by atoms with Crippen molar-refractivity contribution in [1.82, 2.24) is 5.32 Å². The molecule has 2 aromatic carbocycles. The zero-order chi connectivity index (χ0) is 20.1. The lowest BCUT2D eigenvalue weighted by Gasteiger charge is -2.12. The fourth-order valence-electron chi connectivity index (χ4n) is 2.70.